The highest BCUT2D eigenvalue weighted by Crippen LogP contribution is 2.27. The fourth-order valence-corrected chi connectivity index (χ4v) is 2.53. The van der Waals surface area contributed by atoms with Crippen LogP contribution in [0.1, 0.15) is 0 Å². The molecule has 2 heterocycles. The normalized spacial score (nSPS) is 11.0. The summed E-state index contributed by atoms with van der Waals surface area (Å²) in [5.74, 6) is 0. The summed E-state index contributed by atoms with van der Waals surface area (Å²) in [5.41, 5.74) is 4.29. The summed E-state index contributed by atoms with van der Waals surface area (Å²) in [4.78, 5) is 9.07. The molecule has 0 amide bonds. The lowest BCUT2D eigenvalue weighted by molar-refractivity contribution is 1.39. The van der Waals surface area contributed by atoms with Gasteiger partial charge in [0.2, 0.25) is 0 Å². The van der Waals surface area contributed by atoms with Crippen LogP contribution in [0, 0.1) is 0 Å². The van der Waals surface area contributed by atoms with Gasteiger partial charge in [0.25, 0.3) is 0 Å². The van der Waals surface area contributed by atoms with Gasteiger partial charge < -0.3 is 0 Å². The van der Waals surface area contributed by atoms with Gasteiger partial charge in [-0.1, -0.05) is 42.5 Å². The van der Waals surface area contributed by atoms with E-state index in [4.69, 9.17) is 0 Å². The molecule has 2 nitrogen and oxygen atoms in total. The number of aromatic nitrogens is 2. The highest BCUT2D eigenvalue weighted by atomic mass is 14.7. The van der Waals surface area contributed by atoms with Crippen LogP contribution in [0.5, 0.6) is 0 Å². The first-order chi connectivity index (χ1) is 9.92. The molecule has 4 aromatic rings. The summed E-state index contributed by atoms with van der Waals surface area (Å²) in [6, 6.07) is 20.6. The first-order valence-corrected chi connectivity index (χ1v) is 6.61. The second-order valence-corrected chi connectivity index (χ2v) is 4.80. The van der Waals surface area contributed by atoms with Crippen molar-refractivity contribution in [2.24, 2.45) is 0 Å². The summed E-state index contributed by atoms with van der Waals surface area (Å²) in [6.07, 6.45) is 3.75. The molecule has 0 atom stereocenters. The minimum Gasteiger partial charge on any atom is -0.256 e. The lowest BCUT2D eigenvalue weighted by Gasteiger charge is -2.05. The number of hydrogen-bond acceptors (Lipinski definition) is 2. The molecular weight excluding hydrogens is 244 g/mol. The fraction of sp³-hybridized carbons (Fsp3) is 0. The molecule has 0 saturated heterocycles. The van der Waals surface area contributed by atoms with E-state index in [1.54, 1.807) is 0 Å². The topological polar surface area (TPSA) is 25.8 Å². The van der Waals surface area contributed by atoms with E-state index in [9.17, 15) is 0 Å². The average Bonchev–Trinajstić information content (AvgIpc) is 2.55. The van der Waals surface area contributed by atoms with E-state index in [0.29, 0.717) is 0 Å². The van der Waals surface area contributed by atoms with Crippen molar-refractivity contribution in [3.05, 3.63) is 73.1 Å². The zero-order chi connectivity index (χ0) is 13.4. The zero-order valence-corrected chi connectivity index (χ0v) is 10.8. The highest BCUT2D eigenvalue weighted by molar-refractivity contribution is 6.04. The van der Waals surface area contributed by atoms with Crippen molar-refractivity contribution in [3.8, 4) is 11.1 Å². The minimum absolute atomic E-state index is 0.982. The molecule has 0 bridgehead atoms. The summed E-state index contributed by atoms with van der Waals surface area (Å²) in [6.45, 7) is 0. The van der Waals surface area contributed by atoms with Crippen LogP contribution in [0.25, 0.3) is 32.9 Å². The maximum Gasteiger partial charge on any atom is 0.0796 e. The predicted molar refractivity (Wildman–Crippen MR) is 82.5 cm³/mol. The first-order valence-electron chi connectivity index (χ1n) is 6.61. The number of fused-ring (bicyclic) bond motifs is 3. The molecule has 0 spiro atoms. The first kappa shape index (κ1) is 11.1. The van der Waals surface area contributed by atoms with Crippen LogP contribution >= 0.6 is 0 Å². The van der Waals surface area contributed by atoms with E-state index in [1.807, 2.05) is 42.7 Å². The average molecular weight is 256 g/mol. The van der Waals surface area contributed by atoms with Crippen LogP contribution in [-0.4, -0.2) is 9.97 Å². The molecule has 0 fully saturated rings. The molecule has 0 N–H and O–H groups in total. The van der Waals surface area contributed by atoms with E-state index < -0.39 is 0 Å². The molecule has 0 unspecified atom stereocenters. The Labute approximate surface area is 116 Å². The van der Waals surface area contributed by atoms with Gasteiger partial charge in [-0.25, -0.2) is 0 Å². The van der Waals surface area contributed by atoms with Crippen LogP contribution in [0.4, 0.5) is 0 Å². The molecule has 0 saturated carbocycles. The number of nitrogens with zero attached hydrogens (tertiary/aromatic N) is 2. The molecular formula is C18H12N2. The Morgan fingerprint density at radius 1 is 0.700 bits per heavy atom. The van der Waals surface area contributed by atoms with Gasteiger partial charge in [0.1, 0.15) is 0 Å². The lowest BCUT2D eigenvalue weighted by atomic mass is 10.0. The summed E-state index contributed by atoms with van der Waals surface area (Å²) < 4.78 is 0. The molecule has 2 aromatic heterocycles. The van der Waals surface area contributed by atoms with Gasteiger partial charge in [-0.15, -0.1) is 0 Å². The van der Waals surface area contributed by atoms with E-state index >= 15 is 0 Å². The largest absolute Gasteiger partial charge is 0.256 e. The van der Waals surface area contributed by atoms with Gasteiger partial charge in [-0.3, -0.25) is 9.97 Å². The maximum atomic E-state index is 4.57. The Bertz CT molecular complexity index is 899. The van der Waals surface area contributed by atoms with Crippen LogP contribution in [-0.2, 0) is 0 Å². The third-order valence-corrected chi connectivity index (χ3v) is 3.54. The molecule has 0 aliphatic heterocycles. The Kier molecular flexibility index (Phi) is 2.46. The van der Waals surface area contributed by atoms with Crippen molar-refractivity contribution >= 4 is 21.8 Å². The maximum absolute atomic E-state index is 4.57. The van der Waals surface area contributed by atoms with E-state index in [-0.39, 0.29) is 0 Å². The quantitative estimate of drug-likeness (QED) is 0.470. The highest BCUT2D eigenvalue weighted by Gasteiger charge is 2.05. The number of hydrogen-bond donors (Lipinski definition) is 0. The second kappa shape index (κ2) is 4.42. The molecule has 20 heavy (non-hydrogen) atoms. The van der Waals surface area contributed by atoms with Gasteiger partial charge in [0.15, 0.2) is 0 Å². The van der Waals surface area contributed by atoms with Crippen LogP contribution in [0.2, 0.25) is 0 Å². The standard InChI is InChI=1S/C18H12N2/c1-2-5-13(6-3-1)15-11-16-17(20-12-15)9-8-14-7-4-10-19-18(14)16/h1-12H. The SMILES string of the molecule is c1ccc(-c2cnc3ccc4cccnc4c3c2)cc1. The van der Waals surface area contributed by atoms with Gasteiger partial charge >= 0.3 is 0 Å². The van der Waals surface area contributed by atoms with Crippen molar-refractivity contribution in [2.45, 2.75) is 0 Å². The molecule has 0 radical (unpaired) electrons. The smallest absolute Gasteiger partial charge is 0.0796 e. The molecule has 94 valence electrons. The second-order valence-electron chi connectivity index (χ2n) is 4.80. The molecule has 4 rings (SSSR count). The number of benzene rings is 2. The Hall–Kier alpha value is -2.74. The monoisotopic (exact) mass is 256 g/mol. The summed E-state index contributed by atoms with van der Waals surface area (Å²) >= 11 is 0. The molecule has 2 aromatic carbocycles. The lowest BCUT2D eigenvalue weighted by Crippen LogP contribution is -1.86. The van der Waals surface area contributed by atoms with Crippen molar-refractivity contribution in [1.82, 2.24) is 9.97 Å². The van der Waals surface area contributed by atoms with Gasteiger partial charge in [0.05, 0.1) is 11.0 Å². The predicted octanol–water partition coefficient (Wildman–Crippen LogP) is 4.45. The van der Waals surface area contributed by atoms with Crippen LogP contribution in [0.3, 0.4) is 0 Å². The van der Waals surface area contributed by atoms with Crippen LogP contribution < -0.4 is 0 Å². The fourth-order valence-electron chi connectivity index (χ4n) is 2.53. The Balaban J connectivity index is 2.05. The number of pyridine rings is 2. The van der Waals surface area contributed by atoms with E-state index in [0.717, 1.165) is 27.4 Å². The molecule has 0 aliphatic rings. The van der Waals surface area contributed by atoms with Crippen molar-refractivity contribution in [3.63, 3.8) is 0 Å². The Morgan fingerprint density at radius 2 is 1.60 bits per heavy atom. The minimum atomic E-state index is 0.982. The zero-order valence-electron chi connectivity index (χ0n) is 10.8. The van der Waals surface area contributed by atoms with E-state index in [2.05, 4.69) is 40.3 Å². The molecule has 0 aliphatic carbocycles. The third-order valence-electron chi connectivity index (χ3n) is 3.54. The van der Waals surface area contributed by atoms with Crippen LogP contribution in [0.15, 0.2) is 73.1 Å². The molecule has 2 heteroatoms. The van der Waals surface area contributed by atoms with Crippen molar-refractivity contribution in [2.75, 3.05) is 0 Å². The van der Waals surface area contributed by atoms with Gasteiger partial charge in [0, 0.05) is 28.7 Å². The summed E-state index contributed by atoms with van der Waals surface area (Å²) in [7, 11) is 0. The van der Waals surface area contributed by atoms with E-state index in [1.165, 1.54) is 5.56 Å². The number of rotatable bonds is 1. The van der Waals surface area contributed by atoms with Crippen molar-refractivity contribution in [1.29, 1.82) is 0 Å². The third kappa shape index (κ3) is 1.74. The Morgan fingerprint density at radius 3 is 2.50 bits per heavy atom. The van der Waals surface area contributed by atoms with Gasteiger partial charge in [-0.2, -0.15) is 0 Å². The van der Waals surface area contributed by atoms with Crippen molar-refractivity contribution < 1.29 is 0 Å². The van der Waals surface area contributed by atoms with Gasteiger partial charge in [-0.05, 0) is 23.8 Å². The summed E-state index contributed by atoms with van der Waals surface area (Å²) in [5, 5.41) is 2.25.